The van der Waals surface area contributed by atoms with Gasteiger partial charge in [-0.2, -0.15) is 0 Å². The molecule has 1 aromatic heterocycles. The van der Waals surface area contributed by atoms with Gasteiger partial charge in [0.2, 0.25) is 0 Å². The summed E-state index contributed by atoms with van der Waals surface area (Å²) in [4.78, 5) is 0. The third-order valence-corrected chi connectivity index (χ3v) is 8.62. The molecule has 0 atom stereocenters. The summed E-state index contributed by atoms with van der Waals surface area (Å²) < 4.78 is 6.50. The largest absolute Gasteiger partial charge is 0.455 e. The van der Waals surface area contributed by atoms with Gasteiger partial charge in [-0.1, -0.05) is 121 Å². The molecule has 0 saturated carbocycles. The van der Waals surface area contributed by atoms with Crippen molar-refractivity contribution in [2.45, 2.75) is 0 Å². The van der Waals surface area contributed by atoms with Crippen LogP contribution in [0, 0.1) is 0 Å². The molecule has 1 heterocycles. The van der Waals surface area contributed by atoms with E-state index in [1.165, 1.54) is 65.3 Å². The molecule has 0 saturated heterocycles. The molecule has 41 heavy (non-hydrogen) atoms. The minimum atomic E-state index is 0.918. The maximum atomic E-state index is 6.50. The molecule has 0 radical (unpaired) electrons. The average Bonchev–Trinajstić information content (AvgIpc) is 3.43. The molecule has 0 bridgehead atoms. The first-order valence-corrected chi connectivity index (χ1v) is 14.1. The van der Waals surface area contributed by atoms with Crippen LogP contribution >= 0.6 is 0 Å². The smallest absolute Gasteiger partial charge is 0.143 e. The van der Waals surface area contributed by atoms with Gasteiger partial charge in [-0.05, 0) is 84.2 Å². The summed E-state index contributed by atoms with van der Waals surface area (Å²) >= 11 is 0. The van der Waals surface area contributed by atoms with Crippen molar-refractivity contribution in [3.63, 3.8) is 0 Å². The molecule has 0 spiro atoms. The first-order valence-electron chi connectivity index (χ1n) is 14.1. The van der Waals surface area contributed by atoms with Gasteiger partial charge in [-0.25, -0.2) is 0 Å². The number of hydrogen-bond acceptors (Lipinski definition) is 1. The van der Waals surface area contributed by atoms with Crippen molar-refractivity contribution >= 4 is 65.0 Å². The third kappa shape index (κ3) is 3.30. The van der Waals surface area contributed by atoms with Crippen LogP contribution in [-0.4, -0.2) is 0 Å². The topological polar surface area (TPSA) is 13.1 Å². The Morgan fingerprint density at radius 2 is 1.02 bits per heavy atom. The Kier molecular flexibility index (Phi) is 4.67. The van der Waals surface area contributed by atoms with Crippen LogP contribution in [0.15, 0.2) is 150 Å². The van der Waals surface area contributed by atoms with E-state index in [-0.39, 0.29) is 0 Å². The summed E-state index contributed by atoms with van der Waals surface area (Å²) in [5.41, 5.74) is 6.74. The summed E-state index contributed by atoms with van der Waals surface area (Å²) in [5, 5.41) is 12.3. The number of benzene rings is 8. The van der Waals surface area contributed by atoms with E-state index >= 15 is 0 Å². The van der Waals surface area contributed by atoms with Crippen LogP contribution in [0.2, 0.25) is 0 Å². The normalized spacial score (nSPS) is 11.9. The van der Waals surface area contributed by atoms with Crippen LogP contribution in [0.4, 0.5) is 0 Å². The van der Waals surface area contributed by atoms with Crippen molar-refractivity contribution in [2.24, 2.45) is 0 Å². The van der Waals surface area contributed by atoms with E-state index in [9.17, 15) is 0 Å². The second kappa shape index (κ2) is 8.55. The van der Waals surface area contributed by atoms with Gasteiger partial charge in [0.15, 0.2) is 0 Å². The van der Waals surface area contributed by atoms with E-state index in [1.54, 1.807) is 0 Å². The molecule has 0 N–H and O–H groups in total. The third-order valence-electron chi connectivity index (χ3n) is 8.62. The highest BCUT2D eigenvalue weighted by atomic mass is 16.3. The predicted molar refractivity (Wildman–Crippen MR) is 175 cm³/mol. The lowest BCUT2D eigenvalue weighted by atomic mass is 9.88. The minimum Gasteiger partial charge on any atom is -0.455 e. The molecule has 0 fully saturated rings. The highest BCUT2D eigenvalue weighted by Gasteiger charge is 2.16. The molecule has 1 heteroatoms. The summed E-state index contributed by atoms with van der Waals surface area (Å²) in [6, 6.07) is 52.6. The van der Waals surface area contributed by atoms with Crippen LogP contribution in [0.1, 0.15) is 0 Å². The summed E-state index contributed by atoms with van der Waals surface area (Å²) in [6.07, 6.45) is 0. The fraction of sp³-hybridized carbons (Fsp3) is 0. The second-order valence-corrected chi connectivity index (χ2v) is 10.9. The Hall–Kier alpha value is -5.40. The Morgan fingerprint density at radius 1 is 0.366 bits per heavy atom. The number of furan rings is 1. The molecular formula is C40H24O. The molecular weight excluding hydrogens is 496 g/mol. The van der Waals surface area contributed by atoms with Gasteiger partial charge < -0.3 is 4.42 Å². The van der Waals surface area contributed by atoms with E-state index in [2.05, 4.69) is 146 Å². The molecule has 0 aliphatic carbocycles. The van der Waals surface area contributed by atoms with Crippen LogP contribution in [0.3, 0.4) is 0 Å². The van der Waals surface area contributed by atoms with Gasteiger partial charge in [0, 0.05) is 16.2 Å². The van der Waals surface area contributed by atoms with Gasteiger partial charge in [0.25, 0.3) is 0 Å². The first kappa shape index (κ1) is 22.4. The molecule has 8 aromatic carbocycles. The fourth-order valence-electron chi connectivity index (χ4n) is 6.77. The maximum absolute atomic E-state index is 6.50. The molecule has 0 aliphatic heterocycles. The molecule has 9 aromatic rings. The van der Waals surface area contributed by atoms with Crippen molar-refractivity contribution in [2.75, 3.05) is 0 Å². The summed E-state index contributed by atoms with van der Waals surface area (Å²) in [7, 11) is 0. The summed E-state index contributed by atoms with van der Waals surface area (Å²) in [5.74, 6) is 0. The van der Waals surface area contributed by atoms with Crippen LogP contribution in [-0.2, 0) is 0 Å². The number of rotatable bonds is 2. The van der Waals surface area contributed by atoms with E-state index < -0.39 is 0 Å². The SMILES string of the molecule is c1cc(-c2c3ccccc3cc3c2ccc2ccccc23)cc(-c2cccc3oc4c5ccccc5ccc4c23)c1. The molecule has 190 valence electrons. The van der Waals surface area contributed by atoms with Gasteiger partial charge in [-0.15, -0.1) is 0 Å². The van der Waals surface area contributed by atoms with E-state index in [0.717, 1.165) is 21.9 Å². The van der Waals surface area contributed by atoms with E-state index in [0.29, 0.717) is 0 Å². The predicted octanol–water partition coefficient (Wildman–Crippen LogP) is 11.5. The van der Waals surface area contributed by atoms with Gasteiger partial charge in [-0.3, -0.25) is 0 Å². The zero-order valence-corrected chi connectivity index (χ0v) is 22.3. The lowest BCUT2D eigenvalue weighted by molar-refractivity contribution is 0.673. The van der Waals surface area contributed by atoms with Crippen LogP contribution in [0.25, 0.3) is 87.3 Å². The Bertz CT molecular complexity index is 2480. The highest BCUT2D eigenvalue weighted by molar-refractivity contribution is 6.21. The van der Waals surface area contributed by atoms with Gasteiger partial charge in [0.1, 0.15) is 11.2 Å². The van der Waals surface area contributed by atoms with Crippen molar-refractivity contribution in [1.29, 1.82) is 0 Å². The monoisotopic (exact) mass is 520 g/mol. The zero-order chi connectivity index (χ0) is 26.9. The Morgan fingerprint density at radius 3 is 1.88 bits per heavy atom. The molecule has 0 unspecified atom stereocenters. The summed E-state index contributed by atoms with van der Waals surface area (Å²) in [6.45, 7) is 0. The molecule has 0 aliphatic rings. The first-order chi connectivity index (χ1) is 20.3. The zero-order valence-electron chi connectivity index (χ0n) is 22.3. The number of fused-ring (bicyclic) bond motifs is 9. The van der Waals surface area contributed by atoms with Crippen molar-refractivity contribution in [3.8, 4) is 22.3 Å². The van der Waals surface area contributed by atoms with Crippen molar-refractivity contribution < 1.29 is 4.42 Å². The lowest BCUT2D eigenvalue weighted by Crippen LogP contribution is -1.88. The van der Waals surface area contributed by atoms with Crippen LogP contribution in [0.5, 0.6) is 0 Å². The molecule has 1 nitrogen and oxygen atoms in total. The fourth-order valence-corrected chi connectivity index (χ4v) is 6.77. The second-order valence-electron chi connectivity index (χ2n) is 10.9. The van der Waals surface area contributed by atoms with E-state index in [1.807, 2.05) is 0 Å². The quantitative estimate of drug-likeness (QED) is 0.163. The Labute approximate surface area is 236 Å². The number of hydrogen-bond donors (Lipinski definition) is 0. The van der Waals surface area contributed by atoms with Gasteiger partial charge >= 0.3 is 0 Å². The standard InChI is InChI=1S/C40H24O/c1-4-14-30-25(9-1)19-21-34-36(30)24-28-11-3-5-15-31(28)38(34)29-13-7-12-27(23-29)32-17-8-18-37-39(32)35-22-20-26-10-2-6-16-33(26)40(35)41-37/h1-24H. The minimum absolute atomic E-state index is 0.918. The lowest BCUT2D eigenvalue weighted by Gasteiger charge is -2.15. The highest BCUT2D eigenvalue weighted by Crippen LogP contribution is 2.43. The molecule has 9 rings (SSSR count). The van der Waals surface area contributed by atoms with Gasteiger partial charge in [0.05, 0.1) is 0 Å². The van der Waals surface area contributed by atoms with E-state index in [4.69, 9.17) is 4.42 Å². The van der Waals surface area contributed by atoms with Crippen LogP contribution < -0.4 is 0 Å². The maximum Gasteiger partial charge on any atom is 0.143 e. The van der Waals surface area contributed by atoms with Crippen molar-refractivity contribution in [3.05, 3.63) is 146 Å². The van der Waals surface area contributed by atoms with Crippen molar-refractivity contribution in [1.82, 2.24) is 0 Å². The average molecular weight is 521 g/mol. The Balaban J connectivity index is 1.33. The molecule has 0 amide bonds.